The number of carbonyl (C=O) groups excluding carboxylic acids is 1. The van der Waals surface area contributed by atoms with E-state index in [4.69, 9.17) is 4.74 Å². The van der Waals surface area contributed by atoms with Crippen molar-refractivity contribution < 1.29 is 9.53 Å². The Bertz CT molecular complexity index is 564. The lowest BCUT2D eigenvalue weighted by molar-refractivity contribution is 0.0636. The number of carbonyl (C=O) groups is 1. The third-order valence-electron chi connectivity index (χ3n) is 4.16. The minimum absolute atomic E-state index is 0.421. The average molecular weight is 317 g/mol. The summed E-state index contributed by atoms with van der Waals surface area (Å²) in [7, 11) is 0. The predicted molar refractivity (Wildman–Crippen MR) is 92.9 cm³/mol. The number of nitrogens with zero attached hydrogens (tertiary/aromatic N) is 1. The Morgan fingerprint density at radius 1 is 1.22 bits per heavy atom. The lowest BCUT2D eigenvalue weighted by Gasteiger charge is -2.20. The average Bonchev–Trinajstić information content (AvgIpc) is 3.18. The molecule has 1 aliphatic heterocycles. The first-order valence-corrected chi connectivity index (χ1v) is 8.50. The zero-order chi connectivity index (χ0) is 16.4. The van der Waals surface area contributed by atoms with Gasteiger partial charge in [-0.05, 0) is 58.2 Å². The van der Waals surface area contributed by atoms with E-state index in [-0.39, 0.29) is 0 Å². The van der Waals surface area contributed by atoms with Crippen LogP contribution in [0.4, 0.5) is 16.2 Å². The highest BCUT2D eigenvalue weighted by Gasteiger charge is 2.34. The second kappa shape index (κ2) is 6.40. The fraction of sp³-hybridized carbons (Fsp3) is 0.611. The minimum Gasteiger partial charge on any atom is -0.444 e. The minimum atomic E-state index is -0.490. The summed E-state index contributed by atoms with van der Waals surface area (Å²) in [5, 5.41) is 6.37. The number of nitrogens with one attached hydrogen (secondary N) is 2. The van der Waals surface area contributed by atoms with Gasteiger partial charge in [0.2, 0.25) is 0 Å². The van der Waals surface area contributed by atoms with Gasteiger partial charge in [0.1, 0.15) is 5.60 Å². The van der Waals surface area contributed by atoms with E-state index in [1.807, 2.05) is 45.0 Å². The fourth-order valence-electron chi connectivity index (χ4n) is 3.02. The van der Waals surface area contributed by atoms with Crippen molar-refractivity contribution in [2.75, 3.05) is 23.7 Å². The van der Waals surface area contributed by atoms with Crippen molar-refractivity contribution in [3.8, 4) is 0 Å². The SMILES string of the molecule is CC(C)(C)OC(=O)Nc1cccc(NC2CCN(C3CC3)C2)c1. The maximum absolute atomic E-state index is 11.8. The molecule has 126 valence electrons. The van der Waals surface area contributed by atoms with Crippen LogP contribution in [-0.2, 0) is 4.74 Å². The van der Waals surface area contributed by atoms with Gasteiger partial charge < -0.3 is 10.1 Å². The van der Waals surface area contributed by atoms with Crippen LogP contribution in [0.25, 0.3) is 0 Å². The van der Waals surface area contributed by atoms with Gasteiger partial charge in [0.05, 0.1) is 0 Å². The molecule has 1 aliphatic carbocycles. The summed E-state index contributed by atoms with van der Waals surface area (Å²) in [5.41, 5.74) is 1.30. The van der Waals surface area contributed by atoms with Crippen LogP contribution in [0.1, 0.15) is 40.0 Å². The van der Waals surface area contributed by atoms with Gasteiger partial charge in [-0.25, -0.2) is 4.79 Å². The van der Waals surface area contributed by atoms with Crippen molar-refractivity contribution in [3.05, 3.63) is 24.3 Å². The van der Waals surface area contributed by atoms with Crippen molar-refractivity contribution in [2.24, 2.45) is 0 Å². The van der Waals surface area contributed by atoms with Crippen LogP contribution in [0.3, 0.4) is 0 Å². The molecule has 23 heavy (non-hydrogen) atoms. The lowest BCUT2D eigenvalue weighted by atomic mass is 10.2. The Hall–Kier alpha value is -1.75. The van der Waals surface area contributed by atoms with Crippen molar-refractivity contribution >= 4 is 17.5 Å². The van der Waals surface area contributed by atoms with E-state index in [0.717, 1.165) is 24.0 Å². The molecule has 0 bridgehead atoms. The highest BCUT2D eigenvalue weighted by molar-refractivity contribution is 5.85. The molecule has 1 aromatic rings. The van der Waals surface area contributed by atoms with Gasteiger partial charge in [0.25, 0.3) is 0 Å². The summed E-state index contributed by atoms with van der Waals surface area (Å²) < 4.78 is 5.29. The topological polar surface area (TPSA) is 53.6 Å². The first-order valence-electron chi connectivity index (χ1n) is 8.50. The number of amides is 1. The molecule has 3 rings (SSSR count). The molecule has 1 atom stereocenters. The summed E-state index contributed by atoms with van der Waals surface area (Å²) in [6.45, 7) is 7.88. The number of likely N-dealkylation sites (tertiary alicyclic amines) is 1. The van der Waals surface area contributed by atoms with Gasteiger partial charge in [0.15, 0.2) is 0 Å². The molecule has 1 amide bonds. The van der Waals surface area contributed by atoms with E-state index in [1.54, 1.807) is 0 Å². The molecule has 0 radical (unpaired) electrons. The largest absolute Gasteiger partial charge is 0.444 e. The Labute approximate surface area is 138 Å². The number of hydrogen-bond acceptors (Lipinski definition) is 4. The van der Waals surface area contributed by atoms with E-state index in [0.29, 0.717) is 6.04 Å². The number of rotatable bonds is 4. The highest BCUT2D eigenvalue weighted by Crippen LogP contribution is 2.30. The molecule has 1 unspecified atom stereocenters. The lowest BCUT2D eigenvalue weighted by Crippen LogP contribution is -2.28. The molecule has 1 saturated heterocycles. The van der Waals surface area contributed by atoms with E-state index < -0.39 is 11.7 Å². The Balaban J connectivity index is 1.54. The summed E-state index contributed by atoms with van der Waals surface area (Å²) in [5.74, 6) is 0. The standard InChI is InChI=1S/C18H27N3O2/c1-18(2,3)23-17(22)20-14-6-4-5-13(11-14)19-15-9-10-21(12-15)16-7-8-16/h4-6,11,15-16,19H,7-10,12H2,1-3H3,(H,20,22). The molecule has 1 saturated carbocycles. The third kappa shape index (κ3) is 4.86. The molecular weight excluding hydrogens is 290 g/mol. The molecule has 2 fully saturated rings. The van der Waals surface area contributed by atoms with Crippen LogP contribution in [0.2, 0.25) is 0 Å². The van der Waals surface area contributed by atoms with Gasteiger partial charge in [0, 0.05) is 36.5 Å². The Kier molecular flexibility index (Phi) is 4.48. The van der Waals surface area contributed by atoms with E-state index in [2.05, 4.69) is 15.5 Å². The van der Waals surface area contributed by atoms with Gasteiger partial charge in [-0.2, -0.15) is 0 Å². The molecule has 2 aliphatic rings. The van der Waals surface area contributed by atoms with Crippen LogP contribution in [0.15, 0.2) is 24.3 Å². The summed E-state index contributed by atoms with van der Waals surface area (Å²) in [6, 6.07) is 9.15. The molecule has 2 N–H and O–H groups in total. The second-order valence-corrected chi connectivity index (χ2v) is 7.56. The molecule has 5 nitrogen and oxygen atoms in total. The first-order chi connectivity index (χ1) is 10.9. The van der Waals surface area contributed by atoms with Crippen LogP contribution >= 0.6 is 0 Å². The fourth-order valence-corrected chi connectivity index (χ4v) is 3.02. The van der Waals surface area contributed by atoms with Crippen LogP contribution in [0, 0.1) is 0 Å². The van der Waals surface area contributed by atoms with Crippen LogP contribution in [0.5, 0.6) is 0 Å². The Morgan fingerprint density at radius 2 is 1.96 bits per heavy atom. The monoisotopic (exact) mass is 317 g/mol. The van der Waals surface area contributed by atoms with E-state index in [9.17, 15) is 4.79 Å². The molecule has 0 spiro atoms. The smallest absolute Gasteiger partial charge is 0.412 e. The number of anilines is 2. The molecule has 5 heteroatoms. The van der Waals surface area contributed by atoms with Crippen LogP contribution in [-0.4, -0.2) is 41.8 Å². The van der Waals surface area contributed by atoms with Crippen molar-refractivity contribution in [2.45, 2.75) is 57.7 Å². The normalized spacial score (nSPS) is 22.0. The van der Waals surface area contributed by atoms with Gasteiger partial charge in [-0.15, -0.1) is 0 Å². The van der Waals surface area contributed by atoms with E-state index >= 15 is 0 Å². The Morgan fingerprint density at radius 3 is 2.65 bits per heavy atom. The molecule has 0 aromatic heterocycles. The zero-order valence-corrected chi connectivity index (χ0v) is 14.3. The summed E-state index contributed by atoms with van der Waals surface area (Å²) >= 11 is 0. The van der Waals surface area contributed by atoms with E-state index in [1.165, 1.54) is 25.8 Å². The van der Waals surface area contributed by atoms with Crippen molar-refractivity contribution in [3.63, 3.8) is 0 Å². The molecule has 1 aromatic carbocycles. The highest BCUT2D eigenvalue weighted by atomic mass is 16.6. The summed E-state index contributed by atoms with van der Waals surface area (Å²) in [4.78, 5) is 14.4. The molecule has 1 heterocycles. The van der Waals surface area contributed by atoms with Crippen molar-refractivity contribution in [1.29, 1.82) is 0 Å². The first kappa shape index (κ1) is 16.1. The number of hydrogen-bond donors (Lipinski definition) is 2. The molecular formula is C18H27N3O2. The predicted octanol–water partition coefficient (Wildman–Crippen LogP) is 3.68. The maximum atomic E-state index is 11.8. The van der Waals surface area contributed by atoms with Crippen LogP contribution < -0.4 is 10.6 Å². The maximum Gasteiger partial charge on any atom is 0.412 e. The third-order valence-corrected chi connectivity index (χ3v) is 4.16. The van der Waals surface area contributed by atoms with Gasteiger partial charge >= 0.3 is 6.09 Å². The van der Waals surface area contributed by atoms with Crippen molar-refractivity contribution in [1.82, 2.24) is 4.90 Å². The summed E-state index contributed by atoms with van der Waals surface area (Å²) in [6.07, 6.45) is 3.49. The van der Waals surface area contributed by atoms with Gasteiger partial charge in [-0.3, -0.25) is 10.2 Å². The number of ether oxygens (including phenoxy) is 1. The quantitative estimate of drug-likeness (QED) is 0.889. The zero-order valence-electron chi connectivity index (χ0n) is 14.3. The second-order valence-electron chi connectivity index (χ2n) is 7.56. The van der Waals surface area contributed by atoms with Gasteiger partial charge in [-0.1, -0.05) is 6.07 Å². The number of benzene rings is 1.